The van der Waals surface area contributed by atoms with Crippen LogP contribution in [0.3, 0.4) is 0 Å². The fourth-order valence-electron chi connectivity index (χ4n) is 2.34. The van der Waals surface area contributed by atoms with Gasteiger partial charge in [-0.2, -0.15) is 0 Å². The van der Waals surface area contributed by atoms with Gasteiger partial charge in [0.1, 0.15) is 5.75 Å². The summed E-state index contributed by atoms with van der Waals surface area (Å²) in [5.74, 6) is 1.84. The minimum absolute atomic E-state index is 0.851. The molecule has 0 radical (unpaired) electrons. The van der Waals surface area contributed by atoms with Crippen LogP contribution in [0.2, 0.25) is 0 Å². The number of alkyl halides is 1. The van der Waals surface area contributed by atoms with E-state index in [1.807, 2.05) is 0 Å². The monoisotopic (exact) mass is 268 g/mol. The number of benzene rings is 1. The molecule has 0 amide bonds. The van der Waals surface area contributed by atoms with E-state index >= 15 is 0 Å². The van der Waals surface area contributed by atoms with Gasteiger partial charge in [0.2, 0.25) is 0 Å². The van der Waals surface area contributed by atoms with Crippen molar-refractivity contribution in [2.24, 2.45) is 5.92 Å². The van der Waals surface area contributed by atoms with E-state index in [4.69, 9.17) is 4.74 Å². The summed E-state index contributed by atoms with van der Waals surface area (Å²) in [4.78, 5) is 0. The van der Waals surface area contributed by atoms with E-state index in [2.05, 4.69) is 34.1 Å². The Morgan fingerprint density at radius 2 is 2.27 bits per heavy atom. The molecule has 1 aromatic carbocycles. The van der Waals surface area contributed by atoms with Crippen molar-refractivity contribution in [1.82, 2.24) is 0 Å². The van der Waals surface area contributed by atoms with Crippen LogP contribution in [0, 0.1) is 5.92 Å². The van der Waals surface area contributed by atoms with Crippen LogP contribution in [0.25, 0.3) is 0 Å². The van der Waals surface area contributed by atoms with Gasteiger partial charge in [0.05, 0.1) is 7.11 Å². The quantitative estimate of drug-likeness (QED) is 0.762. The number of methoxy groups -OCH3 is 1. The topological polar surface area (TPSA) is 9.23 Å². The van der Waals surface area contributed by atoms with E-state index in [9.17, 15) is 0 Å². The average molecular weight is 269 g/mol. The zero-order valence-electron chi connectivity index (χ0n) is 9.13. The maximum atomic E-state index is 5.27. The van der Waals surface area contributed by atoms with Crippen LogP contribution in [0.1, 0.15) is 24.0 Å². The number of fused-ring (bicyclic) bond motifs is 1. The molecule has 0 aromatic heterocycles. The molecule has 0 heterocycles. The van der Waals surface area contributed by atoms with Crippen LogP contribution < -0.4 is 4.74 Å². The van der Waals surface area contributed by atoms with Gasteiger partial charge >= 0.3 is 0 Å². The smallest absolute Gasteiger partial charge is 0.119 e. The molecule has 0 fully saturated rings. The Kier molecular flexibility index (Phi) is 3.68. The first-order chi connectivity index (χ1) is 7.33. The van der Waals surface area contributed by atoms with Crippen LogP contribution in [-0.4, -0.2) is 12.4 Å². The molecule has 0 saturated heterocycles. The summed E-state index contributed by atoms with van der Waals surface area (Å²) in [5, 5.41) is 1.12. The maximum Gasteiger partial charge on any atom is 0.119 e. The second-order valence-electron chi connectivity index (χ2n) is 4.22. The van der Waals surface area contributed by atoms with E-state index in [1.54, 1.807) is 7.11 Å². The molecular weight excluding hydrogens is 252 g/mol. The number of aryl methyl sites for hydroxylation is 1. The highest BCUT2D eigenvalue weighted by molar-refractivity contribution is 9.09. The number of rotatable bonds is 3. The van der Waals surface area contributed by atoms with Crippen LogP contribution in [0.4, 0.5) is 0 Å². The second-order valence-corrected chi connectivity index (χ2v) is 5.01. The Morgan fingerprint density at radius 1 is 1.40 bits per heavy atom. The standard InChI is InChI=1S/C13H17BrO/c1-15-13-5-4-11-3-2-10(6-7-14)8-12(11)9-13/h4-5,9-10H,2-3,6-8H2,1H3. The molecule has 0 bridgehead atoms. The van der Waals surface area contributed by atoms with Gasteiger partial charge in [-0.3, -0.25) is 0 Å². The molecule has 1 aliphatic rings. The third-order valence-corrected chi connectivity index (χ3v) is 3.72. The summed E-state index contributed by atoms with van der Waals surface area (Å²) >= 11 is 3.53. The Hall–Kier alpha value is -0.500. The molecule has 0 saturated carbocycles. The second kappa shape index (κ2) is 5.02. The first kappa shape index (κ1) is 11.0. The fourth-order valence-corrected chi connectivity index (χ4v) is 2.98. The van der Waals surface area contributed by atoms with Crippen LogP contribution in [0.5, 0.6) is 5.75 Å². The third kappa shape index (κ3) is 2.54. The first-order valence-corrected chi connectivity index (χ1v) is 6.67. The average Bonchev–Trinajstić information content (AvgIpc) is 2.28. The van der Waals surface area contributed by atoms with Gasteiger partial charge in [0, 0.05) is 5.33 Å². The lowest BCUT2D eigenvalue weighted by atomic mass is 9.82. The molecule has 1 aromatic rings. The predicted octanol–water partition coefficient (Wildman–Crippen LogP) is 3.59. The van der Waals surface area contributed by atoms with Gasteiger partial charge in [-0.25, -0.2) is 0 Å². The summed E-state index contributed by atoms with van der Waals surface area (Å²) in [5.41, 5.74) is 3.01. The van der Waals surface area contributed by atoms with E-state index in [0.717, 1.165) is 17.0 Å². The largest absolute Gasteiger partial charge is 0.497 e. The Balaban J connectivity index is 2.16. The normalized spacial score (nSPS) is 19.7. The van der Waals surface area contributed by atoms with Crippen LogP contribution in [-0.2, 0) is 12.8 Å². The SMILES string of the molecule is COc1ccc2c(c1)CC(CCBr)CC2. The van der Waals surface area contributed by atoms with E-state index in [-0.39, 0.29) is 0 Å². The minimum atomic E-state index is 0.851. The summed E-state index contributed by atoms with van der Waals surface area (Å²) in [6, 6.07) is 6.50. The van der Waals surface area contributed by atoms with Gasteiger partial charge in [0.15, 0.2) is 0 Å². The van der Waals surface area contributed by atoms with Crippen molar-refractivity contribution in [3.05, 3.63) is 29.3 Å². The summed E-state index contributed by atoms with van der Waals surface area (Å²) in [6.07, 6.45) is 5.08. The van der Waals surface area contributed by atoms with E-state index in [1.165, 1.54) is 36.8 Å². The Bertz CT molecular complexity index is 335. The highest BCUT2D eigenvalue weighted by atomic mass is 79.9. The van der Waals surface area contributed by atoms with Crippen molar-refractivity contribution in [3.63, 3.8) is 0 Å². The lowest BCUT2D eigenvalue weighted by molar-refractivity contribution is 0.409. The molecule has 1 unspecified atom stereocenters. The lowest BCUT2D eigenvalue weighted by Gasteiger charge is -2.24. The number of hydrogen-bond acceptors (Lipinski definition) is 1. The van der Waals surface area contributed by atoms with Crippen molar-refractivity contribution >= 4 is 15.9 Å². The molecule has 0 N–H and O–H groups in total. The molecule has 15 heavy (non-hydrogen) atoms. The van der Waals surface area contributed by atoms with Gasteiger partial charge in [-0.05, 0) is 54.9 Å². The molecule has 2 rings (SSSR count). The van der Waals surface area contributed by atoms with Crippen molar-refractivity contribution in [1.29, 1.82) is 0 Å². The van der Waals surface area contributed by atoms with Crippen LogP contribution in [0.15, 0.2) is 18.2 Å². The number of hydrogen-bond donors (Lipinski definition) is 0. The van der Waals surface area contributed by atoms with Gasteiger partial charge in [-0.15, -0.1) is 0 Å². The van der Waals surface area contributed by atoms with Gasteiger partial charge in [-0.1, -0.05) is 22.0 Å². The van der Waals surface area contributed by atoms with E-state index < -0.39 is 0 Å². The zero-order valence-corrected chi connectivity index (χ0v) is 10.7. The molecule has 1 atom stereocenters. The zero-order chi connectivity index (χ0) is 10.7. The maximum absolute atomic E-state index is 5.27. The first-order valence-electron chi connectivity index (χ1n) is 5.55. The van der Waals surface area contributed by atoms with Crippen molar-refractivity contribution in [3.8, 4) is 5.75 Å². The van der Waals surface area contributed by atoms with Gasteiger partial charge < -0.3 is 4.74 Å². The summed E-state index contributed by atoms with van der Waals surface area (Å²) < 4.78 is 5.27. The minimum Gasteiger partial charge on any atom is -0.497 e. The number of ether oxygens (including phenoxy) is 1. The Labute approximate surface area is 100.0 Å². The van der Waals surface area contributed by atoms with Crippen molar-refractivity contribution in [2.75, 3.05) is 12.4 Å². The fraction of sp³-hybridized carbons (Fsp3) is 0.538. The van der Waals surface area contributed by atoms with Crippen molar-refractivity contribution in [2.45, 2.75) is 25.7 Å². The highest BCUT2D eigenvalue weighted by Crippen LogP contribution is 2.30. The van der Waals surface area contributed by atoms with Gasteiger partial charge in [0.25, 0.3) is 0 Å². The van der Waals surface area contributed by atoms with Crippen molar-refractivity contribution < 1.29 is 4.74 Å². The Morgan fingerprint density at radius 3 is 3.00 bits per heavy atom. The molecule has 82 valence electrons. The molecule has 1 aliphatic carbocycles. The predicted molar refractivity (Wildman–Crippen MR) is 66.9 cm³/mol. The molecule has 1 nitrogen and oxygen atoms in total. The molecule has 0 spiro atoms. The van der Waals surface area contributed by atoms with Crippen LogP contribution >= 0.6 is 15.9 Å². The lowest BCUT2D eigenvalue weighted by Crippen LogP contribution is -2.14. The summed E-state index contributed by atoms with van der Waals surface area (Å²) in [7, 11) is 1.74. The number of halogens is 1. The highest BCUT2D eigenvalue weighted by Gasteiger charge is 2.18. The molecule has 0 aliphatic heterocycles. The third-order valence-electron chi connectivity index (χ3n) is 3.26. The molecular formula is C13H17BrO. The summed E-state index contributed by atoms with van der Waals surface area (Å²) in [6.45, 7) is 0. The molecule has 2 heteroatoms. The van der Waals surface area contributed by atoms with E-state index in [0.29, 0.717) is 0 Å².